The fourth-order valence-electron chi connectivity index (χ4n) is 5.19. The molecule has 3 aliphatic rings. The van der Waals surface area contributed by atoms with Crippen LogP contribution in [0.1, 0.15) is 29.6 Å². The van der Waals surface area contributed by atoms with E-state index in [1.54, 1.807) is 48.5 Å². The van der Waals surface area contributed by atoms with Gasteiger partial charge in [-0.3, -0.25) is 19.3 Å². The molecule has 1 saturated heterocycles. The van der Waals surface area contributed by atoms with Crippen molar-refractivity contribution in [1.82, 2.24) is 0 Å². The quantitative estimate of drug-likeness (QED) is 0.796. The SMILES string of the molecule is O=C(Nc1ccc(Cl)cc1)c1cccc(N2C(=O)[C@@H]3[C@@H]4CC[C@@H](C4)[C@@H]3C2=O)c1. The summed E-state index contributed by atoms with van der Waals surface area (Å²) in [6, 6.07) is 13.5. The van der Waals surface area contributed by atoms with Crippen LogP contribution in [0.3, 0.4) is 0 Å². The lowest BCUT2D eigenvalue weighted by atomic mass is 9.81. The second kappa shape index (κ2) is 6.45. The molecule has 5 rings (SSSR count). The lowest BCUT2D eigenvalue weighted by Gasteiger charge is -2.19. The zero-order chi connectivity index (χ0) is 19.4. The summed E-state index contributed by atoms with van der Waals surface area (Å²) in [7, 11) is 0. The van der Waals surface area contributed by atoms with Gasteiger partial charge in [-0.05, 0) is 73.6 Å². The fraction of sp³-hybridized carbons (Fsp3) is 0.318. The van der Waals surface area contributed by atoms with Gasteiger partial charge < -0.3 is 5.32 Å². The van der Waals surface area contributed by atoms with Crippen molar-refractivity contribution in [3.8, 4) is 0 Å². The molecule has 0 aromatic heterocycles. The first-order valence-electron chi connectivity index (χ1n) is 9.58. The largest absolute Gasteiger partial charge is 0.322 e. The van der Waals surface area contributed by atoms with Crippen LogP contribution < -0.4 is 10.2 Å². The van der Waals surface area contributed by atoms with E-state index in [2.05, 4.69) is 5.32 Å². The monoisotopic (exact) mass is 394 g/mol. The van der Waals surface area contributed by atoms with E-state index in [4.69, 9.17) is 11.6 Å². The van der Waals surface area contributed by atoms with E-state index >= 15 is 0 Å². The van der Waals surface area contributed by atoms with Crippen molar-refractivity contribution in [3.63, 3.8) is 0 Å². The molecule has 2 aromatic carbocycles. The smallest absolute Gasteiger partial charge is 0.255 e. The van der Waals surface area contributed by atoms with Crippen molar-refractivity contribution in [1.29, 1.82) is 0 Å². The summed E-state index contributed by atoms with van der Waals surface area (Å²) in [5.74, 6) is -0.158. The van der Waals surface area contributed by atoms with Crippen LogP contribution in [0.25, 0.3) is 0 Å². The van der Waals surface area contributed by atoms with Gasteiger partial charge in [-0.15, -0.1) is 0 Å². The van der Waals surface area contributed by atoms with Gasteiger partial charge in [0.25, 0.3) is 5.91 Å². The van der Waals surface area contributed by atoms with Gasteiger partial charge in [0.2, 0.25) is 11.8 Å². The summed E-state index contributed by atoms with van der Waals surface area (Å²) < 4.78 is 0. The number of benzene rings is 2. The first-order chi connectivity index (χ1) is 13.5. The molecule has 0 radical (unpaired) electrons. The number of carbonyl (C=O) groups is 3. The Morgan fingerprint density at radius 3 is 2.25 bits per heavy atom. The maximum atomic E-state index is 13.0. The lowest BCUT2D eigenvalue weighted by molar-refractivity contribution is -0.123. The van der Waals surface area contributed by atoms with Crippen LogP contribution in [0.15, 0.2) is 48.5 Å². The van der Waals surface area contributed by atoms with Crippen LogP contribution >= 0.6 is 11.6 Å². The molecule has 0 unspecified atom stereocenters. The molecule has 5 nitrogen and oxygen atoms in total. The van der Waals surface area contributed by atoms with E-state index in [0.717, 1.165) is 19.3 Å². The molecule has 3 fully saturated rings. The van der Waals surface area contributed by atoms with E-state index in [1.165, 1.54) is 4.90 Å². The number of hydrogen-bond acceptors (Lipinski definition) is 3. The van der Waals surface area contributed by atoms with Crippen LogP contribution in [0.2, 0.25) is 5.02 Å². The summed E-state index contributed by atoms with van der Waals surface area (Å²) in [6.07, 6.45) is 3.09. The Kier molecular flexibility index (Phi) is 4.02. The summed E-state index contributed by atoms with van der Waals surface area (Å²) in [5, 5.41) is 3.39. The van der Waals surface area contributed by atoms with E-state index in [1.807, 2.05) is 0 Å². The topological polar surface area (TPSA) is 66.5 Å². The third-order valence-corrected chi connectivity index (χ3v) is 6.65. The molecule has 1 heterocycles. The Balaban J connectivity index is 1.40. The Morgan fingerprint density at radius 1 is 0.964 bits per heavy atom. The standard InChI is InChI=1S/C22H19ClN2O3/c23-15-6-8-16(9-7-15)24-20(26)14-2-1-3-17(11-14)25-21(27)18-12-4-5-13(10-12)19(18)22(25)28/h1-3,6-9,11-13,18-19H,4-5,10H2,(H,24,26)/t12-,13+,18-,19+. The number of rotatable bonds is 3. The van der Waals surface area contributed by atoms with E-state index < -0.39 is 0 Å². The molecule has 3 amide bonds. The van der Waals surface area contributed by atoms with Crippen molar-refractivity contribution < 1.29 is 14.4 Å². The number of halogens is 1. The minimum absolute atomic E-state index is 0.0996. The van der Waals surface area contributed by atoms with Gasteiger partial charge >= 0.3 is 0 Å². The van der Waals surface area contributed by atoms with Crippen molar-refractivity contribution in [2.45, 2.75) is 19.3 Å². The Morgan fingerprint density at radius 2 is 1.61 bits per heavy atom. The summed E-state index contributed by atoms with van der Waals surface area (Å²) in [5.41, 5.74) is 1.50. The number of nitrogens with one attached hydrogen (secondary N) is 1. The highest BCUT2D eigenvalue weighted by Gasteiger charge is 2.61. The molecule has 2 aromatic rings. The van der Waals surface area contributed by atoms with Gasteiger partial charge in [-0.25, -0.2) is 0 Å². The van der Waals surface area contributed by atoms with Gasteiger partial charge in [0.1, 0.15) is 0 Å². The van der Waals surface area contributed by atoms with E-state index in [0.29, 0.717) is 33.8 Å². The molecular weight excluding hydrogens is 376 g/mol. The lowest BCUT2D eigenvalue weighted by Crippen LogP contribution is -2.33. The van der Waals surface area contributed by atoms with Gasteiger partial charge in [0, 0.05) is 16.3 Å². The molecule has 0 spiro atoms. The van der Waals surface area contributed by atoms with E-state index in [-0.39, 0.29) is 29.6 Å². The fourth-order valence-corrected chi connectivity index (χ4v) is 5.31. The molecule has 2 aliphatic carbocycles. The third-order valence-electron chi connectivity index (χ3n) is 6.40. The molecule has 2 saturated carbocycles. The molecule has 6 heteroatoms. The zero-order valence-electron chi connectivity index (χ0n) is 15.1. The van der Waals surface area contributed by atoms with Crippen molar-refractivity contribution >= 4 is 40.7 Å². The highest BCUT2D eigenvalue weighted by molar-refractivity contribution is 6.30. The summed E-state index contributed by atoms with van der Waals surface area (Å²) in [6.45, 7) is 0. The second-order valence-corrected chi connectivity index (χ2v) is 8.34. The molecule has 2 bridgehead atoms. The van der Waals surface area contributed by atoms with Gasteiger partial charge in [0.05, 0.1) is 17.5 Å². The number of amides is 3. The number of hydrogen-bond donors (Lipinski definition) is 1. The van der Waals surface area contributed by atoms with Crippen LogP contribution in [0.5, 0.6) is 0 Å². The number of nitrogens with zero attached hydrogens (tertiary/aromatic N) is 1. The maximum Gasteiger partial charge on any atom is 0.255 e. The van der Waals surface area contributed by atoms with Gasteiger partial charge in [-0.2, -0.15) is 0 Å². The average molecular weight is 395 g/mol. The average Bonchev–Trinajstić information content (AvgIpc) is 3.37. The predicted octanol–water partition coefficient (Wildman–Crippen LogP) is 4.13. The third kappa shape index (κ3) is 2.65. The highest BCUT2D eigenvalue weighted by Crippen LogP contribution is 2.56. The van der Waals surface area contributed by atoms with Crippen LogP contribution in [-0.4, -0.2) is 17.7 Å². The van der Waals surface area contributed by atoms with Gasteiger partial charge in [0.15, 0.2) is 0 Å². The minimum atomic E-state index is -0.302. The number of carbonyl (C=O) groups excluding carboxylic acids is 3. The molecular formula is C22H19ClN2O3. The number of fused-ring (bicyclic) bond motifs is 5. The number of anilines is 2. The molecule has 1 aliphatic heterocycles. The van der Waals surface area contributed by atoms with Crippen molar-refractivity contribution in [3.05, 3.63) is 59.1 Å². The Hall–Kier alpha value is -2.66. The van der Waals surface area contributed by atoms with Crippen molar-refractivity contribution in [2.75, 3.05) is 10.2 Å². The Labute approximate surface area is 167 Å². The van der Waals surface area contributed by atoms with Gasteiger partial charge in [-0.1, -0.05) is 17.7 Å². The molecule has 4 atom stereocenters. The van der Waals surface area contributed by atoms with Crippen molar-refractivity contribution in [2.24, 2.45) is 23.7 Å². The number of imide groups is 1. The Bertz CT molecular complexity index is 960. The highest BCUT2D eigenvalue weighted by atomic mass is 35.5. The molecule has 1 N–H and O–H groups in total. The predicted molar refractivity (Wildman–Crippen MR) is 106 cm³/mol. The summed E-state index contributed by atoms with van der Waals surface area (Å²) >= 11 is 5.87. The second-order valence-electron chi connectivity index (χ2n) is 7.91. The first-order valence-corrected chi connectivity index (χ1v) is 9.95. The maximum absolute atomic E-state index is 13.0. The zero-order valence-corrected chi connectivity index (χ0v) is 15.9. The molecule has 142 valence electrons. The first kappa shape index (κ1) is 17.4. The minimum Gasteiger partial charge on any atom is -0.322 e. The normalized spacial score (nSPS) is 28.0. The van der Waals surface area contributed by atoms with Crippen LogP contribution in [-0.2, 0) is 9.59 Å². The van der Waals surface area contributed by atoms with E-state index in [9.17, 15) is 14.4 Å². The molecule has 28 heavy (non-hydrogen) atoms. The van der Waals surface area contributed by atoms with Crippen LogP contribution in [0, 0.1) is 23.7 Å². The van der Waals surface area contributed by atoms with Crippen LogP contribution in [0.4, 0.5) is 11.4 Å². The summed E-state index contributed by atoms with van der Waals surface area (Å²) in [4.78, 5) is 39.9.